The number of rotatable bonds is 3. The van der Waals surface area contributed by atoms with Crippen LogP contribution in [0.15, 0.2) is 28.8 Å². The van der Waals surface area contributed by atoms with Crippen LogP contribution in [0.4, 0.5) is 13.6 Å². The third kappa shape index (κ3) is 4.13. The number of alkyl carbamates (subject to hydrolysis) is 1. The van der Waals surface area contributed by atoms with E-state index in [4.69, 9.17) is 4.74 Å². The van der Waals surface area contributed by atoms with Gasteiger partial charge in [-0.15, -0.1) is 10.2 Å². The first-order chi connectivity index (χ1) is 12.2. The van der Waals surface area contributed by atoms with E-state index in [9.17, 15) is 13.6 Å². The van der Waals surface area contributed by atoms with Gasteiger partial charge in [-0.25, -0.2) is 18.3 Å². The molecule has 7 nitrogen and oxygen atoms in total. The van der Waals surface area contributed by atoms with Crippen molar-refractivity contribution in [2.75, 3.05) is 5.43 Å². The summed E-state index contributed by atoms with van der Waals surface area (Å²) in [7, 11) is 0. The molecule has 0 spiro atoms. The van der Waals surface area contributed by atoms with Crippen LogP contribution in [0.3, 0.4) is 0 Å². The first-order valence-corrected chi connectivity index (χ1v) is 8.61. The molecule has 1 amide bonds. The van der Waals surface area contributed by atoms with E-state index in [1.54, 1.807) is 26.2 Å². The van der Waals surface area contributed by atoms with Gasteiger partial charge in [0.25, 0.3) is 0 Å². The van der Waals surface area contributed by atoms with E-state index in [2.05, 4.69) is 20.9 Å². The van der Waals surface area contributed by atoms with Crippen LogP contribution < -0.4 is 10.7 Å². The molecule has 0 fully saturated rings. The highest BCUT2D eigenvalue weighted by Crippen LogP contribution is 2.29. The van der Waals surface area contributed by atoms with Crippen LogP contribution >= 0.6 is 11.8 Å². The lowest BCUT2D eigenvalue weighted by molar-refractivity contribution is 0.0522. The summed E-state index contributed by atoms with van der Waals surface area (Å²) >= 11 is 1.23. The Labute approximate surface area is 152 Å². The van der Waals surface area contributed by atoms with Crippen LogP contribution in [0.1, 0.15) is 32.2 Å². The van der Waals surface area contributed by atoms with Gasteiger partial charge in [-0.05, 0) is 32.9 Å². The quantitative estimate of drug-likeness (QED) is 0.850. The van der Waals surface area contributed by atoms with Gasteiger partial charge in [0, 0.05) is 17.0 Å². The Kier molecular flexibility index (Phi) is 4.86. The minimum atomic E-state index is -0.686. The van der Waals surface area contributed by atoms with Crippen molar-refractivity contribution in [1.82, 2.24) is 20.2 Å². The molecular formula is C16H17F2N5O2S. The van der Waals surface area contributed by atoms with Crippen LogP contribution in [-0.2, 0) is 11.3 Å². The lowest BCUT2D eigenvalue weighted by Crippen LogP contribution is -2.33. The van der Waals surface area contributed by atoms with Gasteiger partial charge in [-0.1, -0.05) is 11.8 Å². The number of nitrogens with one attached hydrogen (secondary N) is 2. The topological polar surface area (TPSA) is 81.1 Å². The van der Waals surface area contributed by atoms with Crippen molar-refractivity contribution in [2.24, 2.45) is 0 Å². The Bertz CT molecular complexity index is 876. The molecule has 1 aromatic heterocycles. The number of carbonyl (C=O) groups is 1. The number of hydrogen-bond donors (Lipinski definition) is 2. The molecule has 2 heterocycles. The van der Waals surface area contributed by atoms with Crippen LogP contribution in [0.25, 0.3) is 5.70 Å². The first-order valence-electron chi connectivity index (χ1n) is 7.73. The number of ether oxygens (including phenoxy) is 1. The van der Waals surface area contributed by atoms with Crippen molar-refractivity contribution in [1.29, 1.82) is 0 Å². The molecule has 1 aromatic carbocycles. The fraction of sp³-hybridized carbons (Fsp3) is 0.312. The number of hydrogen-bond acceptors (Lipinski definition) is 6. The van der Waals surface area contributed by atoms with Crippen molar-refractivity contribution in [3.05, 3.63) is 46.6 Å². The highest BCUT2D eigenvalue weighted by Gasteiger charge is 2.21. The van der Waals surface area contributed by atoms with Gasteiger partial charge < -0.3 is 10.1 Å². The monoisotopic (exact) mass is 381 g/mol. The van der Waals surface area contributed by atoms with E-state index >= 15 is 0 Å². The number of aromatic nitrogens is 3. The van der Waals surface area contributed by atoms with E-state index < -0.39 is 23.3 Å². The normalized spacial score (nSPS) is 13.5. The smallest absolute Gasteiger partial charge is 0.408 e. The highest BCUT2D eigenvalue weighted by molar-refractivity contribution is 8.02. The molecule has 2 N–H and O–H groups in total. The van der Waals surface area contributed by atoms with Crippen LogP contribution in [0.2, 0.25) is 0 Å². The van der Waals surface area contributed by atoms with Crippen LogP contribution in [-0.4, -0.2) is 26.6 Å². The predicted octanol–water partition coefficient (Wildman–Crippen LogP) is 3.23. The molecule has 0 saturated heterocycles. The summed E-state index contributed by atoms with van der Waals surface area (Å²) in [4.78, 5) is 11.8. The number of thioether (sulfide) groups is 1. The lowest BCUT2D eigenvalue weighted by atomic mass is 10.1. The minimum absolute atomic E-state index is 0.0641. The van der Waals surface area contributed by atoms with Gasteiger partial charge in [0.15, 0.2) is 5.82 Å². The molecular weight excluding hydrogens is 364 g/mol. The summed E-state index contributed by atoms with van der Waals surface area (Å²) in [6, 6.07) is 3.34. The number of nitrogens with zero attached hydrogens (tertiary/aromatic N) is 3. The zero-order valence-electron chi connectivity index (χ0n) is 14.3. The van der Waals surface area contributed by atoms with E-state index in [1.165, 1.54) is 28.6 Å². The van der Waals surface area contributed by atoms with E-state index in [-0.39, 0.29) is 12.1 Å². The summed E-state index contributed by atoms with van der Waals surface area (Å²) in [5.41, 5.74) is 3.00. The second-order valence-electron chi connectivity index (χ2n) is 6.48. The Hall–Kier alpha value is -2.62. The average Bonchev–Trinajstić information content (AvgIpc) is 2.93. The molecule has 0 unspecified atom stereocenters. The number of benzene rings is 1. The van der Waals surface area contributed by atoms with Crippen molar-refractivity contribution < 1.29 is 18.3 Å². The molecule has 10 heteroatoms. The molecule has 0 saturated carbocycles. The molecule has 0 atom stereocenters. The fourth-order valence-electron chi connectivity index (χ4n) is 2.16. The highest BCUT2D eigenvalue weighted by atomic mass is 32.2. The lowest BCUT2D eigenvalue weighted by Gasteiger charge is -2.21. The van der Waals surface area contributed by atoms with Gasteiger partial charge >= 0.3 is 6.09 Å². The zero-order chi connectivity index (χ0) is 18.9. The summed E-state index contributed by atoms with van der Waals surface area (Å²) in [5.74, 6) is -0.927. The summed E-state index contributed by atoms with van der Waals surface area (Å²) in [6.45, 7) is 5.35. The second kappa shape index (κ2) is 6.94. The maximum absolute atomic E-state index is 14.0. The van der Waals surface area contributed by atoms with Gasteiger partial charge in [-0.3, -0.25) is 5.43 Å². The van der Waals surface area contributed by atoms with Crippen molar-refractivity contribution >= 4 is 23.6 Å². The predicted molar refractivity (Wildman–Crippen MR) is 92.6 cm³/mol. The Morgan fingerprint density at radius 3 is 2.81 bits per heavy atom. The maximum atomic E-state index is 14.0. The minimum Gasteiger partial charge on any atom is -0.444 e. The molecule has 3 rings (SSSR count). The summed E-state index contributed by atoms with van der Waals surface area (Å²) < 4.78 is 33.8. The SMILES string of the molecule is CC(C)(C)OC(=O)NCc1nnc2n1NC(c1ccc(F)cc1F)=CS2. The zero-order valence-corrected chi connectivity index (χ0v) is 15.2. The number of amides is 1. The largest absolute Gasteiger partial charge is 0.444 e. The Morgan fingerprint density at radius 2 is 2.12 bits per heavy atom. The molecule has 138 valence electrons. The van der Waals surface area contributed by atoms with Gasteiger partial charge in [-0.2, -0.15) is 0 Å². The van der Waals surface area contributed by atoms with Gasteiger partial charge in [0.1, 0.15) is 17.2 Å². The van der Waals surface area contributed by atoms with E-state index in [0.29, 0.717) is 16.7 Å². The average molecular weight is 381 g/mol. The second-order valence-corrected chi connectivity index (χ2v) is 7.31. The van der Waals surface area contributed by atoms with Gasteiger partial charge in [0.05, 0.1) is 12.2 Å². The van der Waals surface area contributed by atoms with Crippen LogP contribution in [0, 0.1) is 11.6 Å². The molecule has 0 bridgehead atoms. The number of carbonyl (C=O) groups excluding carboxylic acids is 1. The summed E-state index contributed by atoms with van der Waals surface area (Å²) in [5, 5.41) is 12.8. The maximum Gasteiger partial charge on any atom is 0.408 e. The summed E-state index contributed by atoms with van der Waals surface area (Å²) in [6.07, 6.45) is -0.585. The third-order valence-corrected chi connectivity index (χ3v) is 4.05. The van der Waals surface area contributed by atoms with Crippen LogP contribution in [0.5, 0.6) is 0 Å². The van der Waals surface area contributed by atoms with E-state index in [1.807, 2.05) is 0 Å². The fourth-order valence-corrected chi connectivity index (χ4v) is 2.91. The number of fused-ring (bicyclic) bond motifs is 1. The molecule has 2 aromatic rings. The first kappa shape index (κ1) is 18.2. The standard InChI is InChI=1S/C16H17F2N5O2S/c1-16(2,3)25-15(24)19-7-13-20-21-14-23(13)22-12(8-26-14)10-5-4-9(17)6-11(10)18/h4-6,8,22H,7H2,1-3H3,(H,19,24). The molecule has 26 heavy (non-hydrogen) atoms. The van der Waals surface area contributed by atoms with E-state index in [0.717, 1.165) is 6.07 Å². The molecule has 1 aliphatic heterocycles. The van der Waals surface area contributed by atoms with Crippen molar-refractivity contribution in [3.8, 4) is 0 Å². The molecule has 0 radical (unpaired) electrons. The van der Waals surface area contributed by atoms with Gasteiger partial charge in [0.2, 0.25) is 5.16 Å². The molecule has 1 aliphatic rings. The molecule has 0 aliphatic carbocycles. The van der Waals surface area contributed by atoms with Crippen molar-refractivity contribution in [2.45, 2.75) is 38.1 Å². The van der Waals surface area contributed by atoms with Crippen molar-refractivity contribution in [3.63, 3.8) is 0 Å². The Balaban J connectivity index is 1.72. The number of halogens is 2. The third-order valence-electron chi connectivity index (χ3n) is 3.23. The Morgan fingerprint density at radius 1 is 1.35 bits per heavy atom.